The fourth-order valence-electron chi connectivity index (χ4n) is 3.69. The molecule has 1 amide bonds. The lowest BCUT2D eigenvalue weighted by Gasteiger charge is -2.37. The number of amides is 1. The van der Waals surface area contributed by atoms with E-state index in [1.54, 1.807) is 29.4 Å². The number of aliphatic hydroxyl groups is 1. The summed E-state index contributed by atoms with van der Waals surface area (Å²) in [4.78, 5) is 24.4. The summed E-state index contributed by atoms with van der Waals surface area (Å²) in [5, 5.41) is 21.2. The Balaban J connectivity index is 1.74. The summed E-state index contributed by atoms with van der Waals surface area (Å²) in [6.45, 7) is 5.12. The Bertz CT molecular complexity index is 832. The maximum absolute atomic E-state index is 12.6. The van der Waals surface area contributed by atoms with E-state index in [9.17, 15) is 14.7 Å². The molecule has 0 bridgehead atoms. The van der Waals surface area contributed by atoms with E-state index in [4.69, 9.17) is 0 Å². The third kappa shape index (κ3) is 3.55. The average Bonchev–Trinajstić information content (AvgIpc) is 3.06. The second-order valence-electron chi connectivity index (χ2n) is 7.14. The van der Waals surface area contributed by atoms with Crippen molar-refractivity contribution in [2.24, 2.45) is 13.0 Å². The standard InChI is InChI=1S/C18H25N5O3/c1-10-17(12(3)24)11(2)23(21-10)9-16(26)20-18(13-5-15(25)6-13)14-7-19-22(4)8-14/h7-8,13,15,18,25H,5-6,9H2,1-4H3,(H,20,26)/t13?,15?,18-/m0/s1. The summed E-state index contributed by atoms with van der Waals surface area (Å²) in [5.74, 6) is -0.0457. The van der Waals surface area contributed by atoms with Crippen LogP contribution in [0.15, 0.2) is 12.4 Å². The fraction of sp³-hybridized carbons (Fsp3) is 0.556. The molecule has 0 spiro atoms. The van der Waals surface area contributed by atoms with Gasteiger partial charge in [-0.1, -0.05) is 0 Å². The maximum atomic E-state index is 12.6. The minimum Gasteiger partial charge on any atom is -0.393 e. The van der Waals surface area contributed by atoms with Gasteiger partial charge in [-0.2, -0.15) is 10.2 Å². The number of aliphatic hydroxyl groups excluding tert-OH is 1. The molecule has 1 aliphatic carbocycles. The fourth-order valence-corrected chi connectivity index (χ4v) is 3.69. The molecule has 0 aromatic carbocycles. The predicted octanol–water partition coefficient (Wildman–Crippen LogP) is 1.06. The zero-order valence-electron chi connectivity index (χ0n) is 15.6. The highest BCUT2D eigenvalue weighted by Crippen LogP contribution is 2.37. The van der Waals surface area contributed by atoms with Crippen LogP contribution in [0.4, 0.5) is 0 Å². The van der Waals surface area contributed by atoms with Crippen molar-refractivity contribution < 1.29 is 14.7 Å². The first-order valence-corrected chi connectivity index (χ1v) is 8.77. The van der Waals surface area contributed by atoms with Crippen LogP contribution >= 0.6 is 0 Å². The first-order chi connectivity index (χ1) is 12.3. The molecule has 140 valence electrons. The molecule has 8 heteroatoms. The second-order valence-corrected chi connectivity index (χ2v) is 7.14. The van der Waals surface area contributed by atoms with E-state index in [-0.39, 0.29) is 36.3 Å². The van der Waals surface area contributed by atoms with Crippen molar-refractivity contribution in [2.75, 3.05) is 0 Å². The van der Waals surface area contributed by atoms with E-state index >= 15 is 0 Å². The summed E-state index contributed by atoms with van der Waals surface area (Å²) in [5.41, 5.74) is 2.83. The van der Waals surface area contributed by atoms with Gasteiger partial charge in [-0.15, -0.1) is 0 Å². The molecule has 8 nitrogen and oxygen atoms in total. The van der Waals surface area contributed by atoms with Crippen LogP contribution in [0.3, 0.4) is 0 Å². The van der Waals surface area contributed by atoms with Crippen LogP contribution in [0.2, 0.25) is 0 Å². The lowest BCUT2D eigenvalue weighted by Crippen LogP contribution is -2.42. The van der Waals surface area contributed by atoms with Crippen molar-refractivity contribution >= 4 is 11.7 Å². The zero-order chi connectivity index (χ0) is 19.0. The van der Waals surface area contributed by atoms with Gasteiger partial charge in [-0.05, 0) is 39.5 Å². The second kappa shape index (κ2) is 7.03. The van der Waals surface area contributed by atoms with Crippen molar-refractivity contribution in [1.82, 2.24) is 24.9 Å². The Morgan fingerprint density at radius 2 is 2.08 bits per heavy atom. The molecule has 2 N–H and O–H groups in total. The van der Waals surface area contributed by atoms with Gasteiger partial charge in [0.25, 0.3) is 0 Å². The van der Waals surface area contributed by atoms with Crippen LogP contribution in [-0.2, 0) is 18.4 Å². The molecular formula is C18H25N5O3. The zero-order valence-corrected chi connectivity index (χ0v) is 15.6. The summed E-state index contributed by atoms with van der Waals surface area (Å²) < 4.78 is 3.26. The van der Waals surface area contributed by atoms with Crippen LogP contribution in [0.5, 0.6) is 0 Å². The average molecular weight is 359 g/mol. The van der Waals surface area contributed by atoms with Crippen LogP contribution in [0.25, 0.3) is 0 Å². The number of rotatable bonds is 6. The van der Waals surface area contributed by atoms with Crippen molar-refractivity contribution in [3.63, 3.8) is 0 Å². The van der Waals surface area contributed by atoms with Crippen LogP contribution in [0.1, 0.15) is 53.1 Å². The first-order valence-electron chi connectivity index (χ1n) is 8.77. The van der Waals surface area contributed by atoms with E-state index in [1.807, 2.05) is 13.2 Å². The largest absolute Gasteiger partial charge is 0.393 e. The Kier molecular flexibility index (Phi) is 4.95. The van der Waals surface area contributed by atoms with Gasteiger partial charge in [0, 0.05) is 24.5 Å². The van der Waals surface area contributed by atoms with E-state index < -0.39 is 0 Å². The molecule has 0 saturated heterocycles. The van der Waals surface area contributed by atoms with Crippen LogP contribution in [-0.4, -0.2) is 42.5 Å². The maximum Gasteiger partial charge on any atom is 0.242 e. The number of nitrogens with one attached hydrogen (secondary N) is 1. The first kappa shape index (κ1) is 18.3. The molecule has 2 aromatic rings. The van der Waals surface area contributed by atoms with Gasteiger partial charge < -0.3 is 10.4 Å². The van der Waals surface area contributed by atoms with Crippen molar-refractivity contribution in [2.45, 2.75) is 52.3 Å². The van der Waals surface area contributed by atoms with Crippen molar-refractivity contribution in [1.29, 1.82) is 0 Å². The number of hydrogen-bond donors (Lipinski definition) is 2. The molecule has 2 aromatic heterocycles. The van der Waals surface area contributed by atoms with E-state index in [0.29, 0.717) is 29.8 Å². The molecule has 2 heterocycles. The summed E-state index contributed by atoms with van der Waals surface area (Å²) in [7, 11) is 1.83. The molecule has 1 saturated carbocycles. The number of carbonyl (C=O) groups excluding carboxylic acids is 2. The number of carbonyl (C=O) groups is 2. The number of ketones is 1. The molecule has 1 aliphatic rings. The summed E-state index contributed by atoms with van der Waals surface area (Å²) in [6.07, 6.45) is 4.65. The minimum absolute atomic E-state index is 0.0476. The van der Waals surface area contributed by atoms with Gasteiger partial charge in [-0.3, -0.25) is 19.0 Å². The third-order valence-electron chi connectivity index (χ3n) is 5.05. The SMILES string of the molecule is CC(=O)c1c(C)nn(CC(=O)N[C@H](c2cnn(C)c2)C2CC(O)C2)c1C. The van der Waals surface area contributed by atoms with Gasteiger partial charge in [-0.25, -0.2) is 0 Å². The van der Waals surface area contributed by atoms with E-state index in [0.717, 1.165) is 5.56 Å². The Labute approximate surface area is 152 Å². The normalized spacial score (nSPS) is 20.5. The summed E-state index contributed by atoms with van der Waals surface area (Å²) in [6, 6.07) is -0.191. The van der Waals surface area contributed by atoms with Crippen molar-refractivity contribution in [3.8, 4) is 0 Å². The number of aryl methyl sites for hydroxylation is 2. The molecule has 1 atom stereocenters. The quantitative estimate of drug-likeness (QED) is 0.751. The molecule has 0 unspecified atom stereocenters. The molecule has 1 fully saturated rings. The number of Topliss-reactive ketones (excluding diaryl/α,β-unsaturated/α-hetero) is 1. The summed E-state index contributed by atoms with van der Waals surface area (Å²) >= 11 is 0. The monoisotopic (exact) mass is 359 g/mol. The molecule has 3 rings (SSSR count). The van der Waals surface area contributed by atoms with Crippen LogP contribution < -0.4 is 5.32 Å². The lowest BCUT2D eigenvalue weighted by atomic mass is 9.75. The lowest BCUT2D eigenvalue weighted by molar-refractivity contribution is -0.123. The predicted molar refractivity (Wildman–Crippen MR) is 94.5 cm³/mol. The Morgan fingerprint density at radius 1 is 1.38 bits per heavy atom. The highest BCUT2D eigenvalue weighted by atomic mass is 16.3. The van der Waals surface area contributed by atoms with Gasteiger partial charge in [0.05, 0.1) is 29.6 Å². The molecule has 0 aliphatic heterocycles. The van der Waals surface area contributed by atoms with E-state index in [1.165, 1.54) is 6.92 Å². The molecule has 26 heavy (non-hydrogen) atoms. The smallest absolute Gasteiger partial charge is 0.242 e. The van der Waals surface area contributed by atoms with Gasteiger partial charge in [0.15, 0.2) is 5.78 Å². The highest BCUT2D eigenvalue weighted by molar-refractivity contribution is 5.96. The van der Waals surface area contributed by atoms with Gasteiger partial charge >= 0.3 is 0 Å². The molecular weight excluding hydrogens is 334 g/mol. The van der Waals surface area contributed by atoms with Crippen molar-refractivity contribution in [3.05, 3.63) is 34.9 Å². The number of nitrogens with zero attached hydrogens (tertiary/aromatic N) is 4. The Hall–Kier alpha value is -2.48. The Morgan fingerprint density at radius 3 is 2.58 bits per heavy atom. The molecule has 0 radical (unpaired) electrons. The number of hydrogen-bond acceptors (Lipinski definition) is 5. The van der Waals surface area contributed by atoms with Gasteiger partial charge in [0.1, 0.15) is 6.54 Å². The van der Waals surface area contributed by atoms with Crippen LogP contribution in [0, 0.1) is 19.8 Å². The highest BCUT2D eigenvalue weighted by Gasteiger charge is 2.36. The number of aromatic nitrogens is 4. The topological polar surface area (TPSA) is 102 Å². The van der Waals surface area contributed by atoms with E-state index in [2.05, 4.69) is 15.5 Å². The third-order valence-corrected chi connectivity index (χ3v) is 5.05. The van der Waals surface area contributed by atoms with Gasteiger partial charge in [0.2, 0.25) is 5.91 Å². The minimum atomic E-state index is -0.301.